The van der Waals surface area contributed by atoms with Gasteiger partial charge >= 0.3 is 0 Å². The third-order valence-corrected chi connectivity index (χ3v) is 5.03. The summed E-state index contributed by atoms with van der Waals surface area (Å²) in [5, 5.41) is 3.54. The summed E-state index contributed by atoms with van der Waals surface area (Å²) in [7, 11) is 9.47. The molecule has 0 radical (unpaired) electrons. The predicted molar refractivity (Wildman–Crippen MR) is 107 cm³/mol. The molecule has 1 unspecified atom stereocenters. The first-order valence-corrected chi connectivity index (χ1v) is 9.38. The number of aliphatic imine (C=N–C) groups is 1. The van der Waals surface area contributed by atoms with Crippen molar-refractivity contribution in [3.05, 3.63) is 23.8 Å². The van der Waals surface area contributed by atoms with Gasteiger partial charge in [0.15, 0.2) is 17.5 Å². The van der Waals surface area contributed by atoms with Gasteiger partial charge in [0.1, 0.15) is 0 Å². The summed E-state index contributed by atoms with van der Waals surface area (Å²) < 4.78 is 10.7. The Balaban J connectivity index is 1.84. The van der Waals surface area contributed by atoms with Gasteiger partial charge in [-0.15, -0.1) is 0 Å². The van der Waals surface area contributed by atoms with Crippen LogP contribution in [0.3, 0.4) is 0 Å². The van der Waals surface area contributed by atoms with Crippen molar-refractivity contribution in [1.82, 2.24) is 15.1 Å². The van der Waals surface area contributed by atoms with Crippen LogP contribution in [0.4, 0.5) is 0 Å². The number of hydrogen-bond donors (Lipinski definition) is 1. The van der Waals surface area contributed by atoms with Crippen molar-refractivity contribution in [2.45, 2.75) is 19.3 Å². The highest BCUT2D eigenvalue weighted by atomic mass is 16.5. The molecule has 0 aromatic heterocycles. The zero-order valence-corrected chi connectivity index (χ0v) is 16.9. The van der Waals surface area contributed by atoms with Crippen LogP contribution in [0.5, 0.6) is 11.5 Å². The van der Waals surface area contributed by atoms with Gasteiger partial charge in [-0.1, -0.05) is 6.07 Å². The number of rotatable bonds is 7. The van der Waals surface area contributed by atoms with E-state index in [2.05, 4.69) is 40.3 Å². The van der Waals surface area contributed by atoms with E-state index in [9.17, 15) is 0 Å². The molecule has 0 bridgehead atoms. The molecule has 1 heterocycles. The average Bonchev–Trinajstić information content (AvgIpc) is 2.66. The van der Waals surface area contributed by atoms with Gasteiger partial charge in [0.25, 0.3) is 0 Å². The molecule has 1 aliphatic heterocycles. The molecule has 2 rings (SSSR count). The van der Waals surface area contributed by atoms with Gasteiger partial charge < -0.3 is 24.6 Å². The molecule has 0 spiro atoms. The van der Waals surface area contributed by atoms with Crippen LogP contribution in [-0.4, -0.2) is 77.3 Å². The quantitative estimate of drug-likeness (QED) is 0.595. The van der Waals surface area contributed by atoms with Crippen LogP contribution in [0.1, 0.15) is 18.4 Å². The Bertz CT molecular complexity index is 591. The van der Waals surface area contributed by atoms with Crippen LogP contribution < -0.4 is 14.8 Å². The van der Waals surface area contributed by atoms with E-state index in [1.165, 1.54) is 31.5 Å². The topological polar surface area (TPSA) is 49.3 Å². The number of nitrogens with zero attached hydrogens (tertiary/aromatic N) is 3. The lowest BCUT2D eigenvalue weighted by atomic mass is 9.98. The molecule has 1 N–H and O–H groups in total. The number of hydrogen-bond acceptors (Lipinski definition) is 4. The van der Waals surface area contributed by atoms with Gasteiger partial charge in [-0.2, -0.15) is 0 Å². The molecule has 1 atom stereocenters. The molecule has 146 valence electrons. The maximum Gasteiger partial charge on any atom is 0.193 e. The van der Waals surface area contributed by atoms with Crippen molar-refractivity contribution < 1.29 is 9.47 Å². The minimum Gasteiger partial charge on any atom is -0.493 e. The van der Waals surface area contributed by atoms with E-state index in [-0.39, 0.29) is 0 Å². The lowest BCUT2D eigenvalue weighted by molar-refractivity contribution is 0.210. The number of nitrogens with one attached hydrogen (secondary N) is 1. The highest BCUT2D eigenvalue weighted by Gasteiger charge is 2.18. The fourth-order valence-electron chi connectivity index (χ4n) is 3.50. The third kappa shape index (κ3) is 5.80. The number of ether oxygens (including phenoxy) is 2. The predicted octanol–water partition coefficient (Wildman–Crippen LogP) is 2.10. The van der Waals surface area contributed by atoms with Crippen LogP contribution in [0.25, 0.3) is 0 Å². The minimum absolute atomic E-state index is 0.699. The largest absolute Gasteiger partial charge is 0.493 e. The van der Waals surface area contributed by atoms with Crippen LogP contribution in [0.2, 0.25) is 0 Å². The fourth-order valence-corrected chi connectivity index (χ4v) is 3.50. The van der Waals surface area contributed by atoms with Gasteiger partial charge in [-0.25, -0.2) is 0 Å². The normalized spacial score (nSPS) is 18.5. The van der Waals surface area contributed by atoms with Crippen LogP contribution in [0.15, 0.2) is 23.2 Å². The summed E-state index contributed by atoms with van der Waals surface area (Å²) in [6, 6.07) is 6.09. The van der Waals surface area contributed by atoms with Crippen molar-refractivity contribution in [2.75, 3.05) is 61.5 Å². The molecule has 0 amide bonds. The number of piperidine rings is 1. The second-order valence-electron chi connectivity index (χ2n) is 7.06. The number of benzene rings is 1. The van der Waals surface area contributed by atoms with Gasteiger partial charge in [0.2, 0.25) is 0 Å². The maximum atomic E-state index is 5.39. The first kappa shape index (κ1) is 20.4. The van der Waals surface area contributed by atoms with Gasteiger partial charge in [0, 0.05) is 33.7 Å². The van der Waals surface area contributed by atoms with E-state index in [1.54, 1.807) is 14.2 Å². The lowest BCUT2D eigenvalue weighted by Gasteiger charge is -2.31. The fraction of sp³-hybridized carbons (Fsp3) is 0.650. The molecule has 1 aromatic carbocycles. The number of likely N-dealkylation sites (N-methyl/N-ethyl adjacent to an activating group) is 1. The van der Waals surface area contributed by atoms with E-state index >= 15 is 0 Å². The van der Waals surface area contributed by atoms with E-state index in [0.717, 1.165) is 37.0 Å². The Morgan fingerprint density at radius 3 is 2.73 bits per heavy atom. The molecule has 1 aromatic rings. The summed E-state index contributed by atoms with van der Waals surface area (Å²) in [5.74, 6) is 3.19. The molecule has 1 aliphatic rings. The zero-order chi connectivity index (χ0) is 18.9. The maximum absolute atomic E-state index is 5.39. The monoisotopic (exact) mass is 362 g/mol. The Morgan fingerprint density at radius 1 is 1.31 bits per heavy atom. The Labute approximate surface area is 158 Å². The second-order valence-corrected chi connectivity index (χ2v) is 7.06. The number of guanidine groups is 1. The molecular weight excluding hydrogens is 328 g/mol. The smallest absolute Gasteiger partial charge is 0.193 e. The molecule has 6 nitrogen and oxygen atoms in total. The van der Waals surface area contributed by atoms with Crippen LogP contribution in [-0.2, 0) is 6.42 Å². The van der Waals surface area contributed by atoms with E-state index in [4.69, 9.17) is 9.47 Å². The standard InChI is InChI=1S/C20H34N4O2/c1-21-20(22-14-17-7-6-11-23(2)15-17)24(3)12-10-16-8-9-18(25-4)19(13-16)26-5/h8-9,13,17H,6-7,10-12,14-15H2,1-5H3,(H,21,22). The number of likely N-dealkylation sites (tertiary alicyclic amines) is 1. The highest BCUT2D eigenvalue weighted by molar-refractivity contribution is 5.79. The van der Waals surface area contributed by atoms with E-state index in [1.807, 2.05) is 19.2 Å². The second kappa shape index (κ2) is 10.3. The summed E-state index contributed by atoms with van der Waals surface area (Å²) in [6.07, 6.45) is 3.50. The summed E-state index contributed by atoms with van der Waals surface area (Å²) >= 11 is 0. The minimum atomic E-state index is 0.699. The summed E-state index contributed by atoms with van der Waals surface area (Å²) in [6.45, 7) is 4.26. The Morgan fingerprint density at radius 2 is 2.08 bits per heavy atom. The van der Waals surface area contributed by atoms with Crippen molar-refractivity contribution in [3.8, 4) is 11.5 Å². The van der Waals surface area contributed by atoms with Crippen molar-refractivity contribution in [3.63, 3.8) is 0 Å². The van der Waals surface area contributed by atoms with Crippen molar-refractivity contribution in [1.29, 1.82) is 0 Å². The van der Waals surface area contributed by atoms with Gasteiger partial charge in [-0.05, 0) is 56.5 Å². The van der Waals surface area contributed by atoms with Gasteiger partial charge in [-0.3, -0.25) is 4.99 Å². The molecule has 1 fully saturated rings. The molecular formula is C20H34N4O2. The number of methoxy groups -OCH3 is 2. The molecule has 1 saturated heterocycles. The van der Waals surface area contributed by atoms with Gasteiger partial charge in [0.05, 0.1) is 14.2 Å². The third-order valence-electron chi connectivity index (χ3n) is 5.03. The molecule has 26 heavy (non-hydrogen) atoms. The lowest BCUT2D eigenvalue weighted by Crippen LogP contribution is -2.44. The Hall–Kier alpha value is -1.95. The average molecular weight is 363 g/mol. The molecule has 0 saturated carbocycles. The van der Waals surface area contributed by atoms with Crippen LogP contribution >= 0.6 is 0 Å². The first-order chi connectivity index (χ1) is 12.6. The van der Waals surface area contributed by atoms with Crippen molar-refractivity contribution in [2.24, 2.45) is 10.9 Å². The molecule has 0 aliphatic carbocycles. The summed E-state index contributed by atoms with van der Waals surface area (Å²) in [4.78, 5) is 9.04. The highest BCUT2D eigenvalue weighted by Crippen LogP contribution is 2.27. The first-order valence-electron chi connectivity index (χ1n) is 9.38. The SMILES string of the molecule is CN=C(NCC1CCCN(C)C1)N(C)CCc1ccc(OC)c(OC)c1. The van der Waals surface area contributed by atoms with Crippen LogP contribution in [0, 0.1) is 5.92 Å². The van der Waals surface area contributed by atoms with Crippen molar-refractivity contribution >= 4 is 5.96 Å². The van der Waals surface area contributed by atoms with E-state index in [0.29, 0.717) is 5.92 Å². The van der Waals surface area contributed by atoms with E-state index < -0.39 is 0 Å². The zero-order valence-electron chi connectivity index (χ0n) is 16.9. The molecule has 6 heteroatoms. The summed E-state index contributed by atoms with van der Waals surface area (Å²) in [5.41, 5.74) is 1.22. The Kier molecular flexibility index (Phi) is 8.04.